The molecule has 0 bridgehead atoms. The minimum Gasteiger partial charge on any atom is -0.384 e. The van der Waals surface area contributed by atoms with Gasteiger partial charge in [-0.1, -0.05) is 35.6 Å². The second kappa shape index (κ2) is 7.14. The molecule has 0 fully saturated rings. The van der Waals surface area contributed by atoms with Gasteiger partial charge in [0, 0.05) is 16.2 Å². The predicted octanol–water partition coefficient (Wildman–Crippen LogP) is 3.77. The Morgan fingerprint density at radius 1 is 1.15 bits per heavy atom. The van der Waals surface area contributed by atoms with Crippen molar-refractivity contribution < 1.29 is 9.50 Å². The van der Waals surface area contributed by atoms with Gasteiger partial charge in [0.1, 0.15) is 12.4 Å². The lowest BCUT2D eigenvalue weighted by Gasteiger charge is -2.04. The number of aryl methyl sites for hydroxylation is 1. The lowest BCUT2D eigenvalue weighted by atomic mass is 10.1. The van der Waals surface area contributed by atoms with Gasteiger partial charge in [0.05, 0.1) is 0 Å². The van der Waals surface area contributed by atoms with Crippen LogP contribution in [-0.4, -0.2) is 11.7 Å². The van der Waals surface area contributed by atoms with Crippen molar-refractivity contribution in [2.75, 3.05) is 6.61 Å². The molecule has 2 aromatic rings. The van der Waals surface area contributed by atoms with Crippen LogP contribution in [0.1, 0.15) is 16.7 Å². The first kappa shape index (κ1) is 14.6. The highest BCUT2D eigenvalue weighted by Gasteiger charge is 2.04. The molecule has 1 N–H and O–H groups in total. The smallest absolute Gasteiger partial charge is 0.128 e. The topological polar surface area (TPSA) is 20.2 Å². The van der Waals surface area contributed by atoms with Crippen LogP contribution in [0.4, 0.5) is 4.39 Å². The minimum absolute atomic E-state index is 0.216. The Labute approximate surface area is 122 Å². The van der Waals surface area contributed by atoms with Gasteiger partial charge in [0.25, 0.3) is 0 Å². The maximum atomic E-state index is 13.9. The molecule has 0 spiro atoms. The third kappa shape index (κ3) is 4.12. The third-order valence-corrected chi connectivity index (χ3v) is 3.84. The van der Waals surface area contributed by atoms with Crippen LogP contribution < -0.4 is 0 Å². The lowest BCUT2D eigenvalue weighted by molar-refractivity contribution is 0.350. The standard InChI is InChI=1S/C17H15FOS/c1-13-4-8-16(9-5-13)20-12-15-7-6-14(3-2-10-19)11-17(15)18/h4-9,11,19H,10,12H2,1H3. The van der Waals surface area contributed by atoms with E-state index in [-0.39, 0.29) is 12.4 Å². The number of halogens is 1. The number of aliphatic hydroxyl groups is 1. The molecule has 0 saturated carbocycles. The van der Waals surface area contributed by atoms with Gasteiger partial charge < -0.3 is 5.11 Å². The van der Waals surface area contributed by atoms with E-state index < -0.39 is 0 Å². The maximum absolute atomic E-state index is 13.9. The molecule has 0 radical (unpaired) electrons. The van der Waals surface area contributed by atoms with E-state index >= 15 is 0 Å². The Bertz CT molecular complexity index is 638. The summed E-state index contributed by atoms with van der Waals surface area (Å²) in [5.41, 5.74) is 2.46. The number of aliphatic hydroxyl groups excluding tert-OH is 1. The van der Waals surface area contributed by atoms with Crippen LogP contribution in [0.5, 0.6) is 0 Å². The third-order valence-electron chi connectivity index (χ3n) is 2.78. The molecule has 102 valence electrons. The number of rotatable bonds is 3. The largest absolute Gasteiger partial charge is 0.384 e. The van der Waals surface area contributed by atoms with Crippen LogP contribution in [-0.2, 0) is 5.75 Å². The van der Waals surface area contributed by atoms with Gasteiger partial charge in [-0.15, -0.1) is 11.8 Å². The fourth-order valence-electron chi connectivity index (χ4n) is 1.68. The molecule has 1 nitrogen and oxygen atoms in total. The quantitative estimate of drug-likeness (QED) is 0.684. The zero-order valence-corrected chi connectivity index (χ0v) is 12.0. The van der Waals surface area contributed by atoms with Crippen molar-refractivity contribution >= 4 is 11.8 Å². The highest BCUT2D eigenvalue weighted by Crippen LogP contribution is 2.24. The number of thioether (sulfide) groups is 1. The van der Waals surface area contributed by atoms with Crippen LogP contribution >= 0.6 is 11.8 Å². The van der Waals surface area contributed by atoms with Crippen molar-refractivity contribution in [2.24, 2.45) is 0 Å². The Balaban J connectivity index is 2.04. The molecule has 2 rings (SSSR count). The van der Waals surface area contributed by atoms with E-state index in [1.165, 1.54) is 11.6 Å². The number of hydrogen-bond acceptors (Lipinski definition) is 2. The minimum atomic E-state index is -0.255. The average molecular weight is 286 g/mol. The molecule has 0 atom stereocenters. The molecule has 0 aliphatic carbocycles. The summed E-state index contributed by atoms with van der Waals surface area (Å²) < 4.78 is 13.9. The molecule has 20 heavy (non-hydrogen) atoms. The fourth-order valence-corrected chi connectivity index (χ4v) is 2.56. The summed E-state index contributed by atoms with van der Waals surface area (Å²) in [4.78, 5) is 1.12. The van der Waals surface area contributed by atoms with Gasteiger partial charge in [-0.05, 0) is 36.8 Å². The van der Waals surface area contributed by atoms with Crippen molar-refractivity contribution in [2.45, 2.75) is 17.6 Å². The van der Waals surface area contributed by atoms with Crippen molar-refractivity contribution in [3.8, 4) is 11.8 Å². The molecular weight excluding hydrogens is 271 g/mol. The first-order valence-electron chi connectivity index (χ1n) is 6.26. The molecule has 0 saturated heterocycles. The van der Waals surface area contributed by atoms with Crippen LogP contribution in [0.3, 0.4) is 0 Å². The Kier molecular flexibility index (Phi) is 5.23. The molecule has 0 amide bonds. The Morgan fingerprint density at radius 3 is 2.55 bits per heavy atom. The van der Waals surface area contributed by atoms with Gasteiger partial charge in [-0.2, -0.15) is 0 Å². The summed E-state index contributed by atoms with van der Waals surface area (Å²) >= 11 is 1.60. The molecule has 0 aliphatic rings. The summed E-state index contributed by atoms with van der Waals surface area (Å²) in [5.74, 6) is 5.53. The number of benzene rings is 2. The van der Waals surface area contributed by atoms with Crippen molar-refractivity contribution in [3.63, 3.8) is 0 Å². The molecule has 0 aromatic heterocycles. The highest BCUT2D eigenvalue weighted by atomic mass is 32.2. The van der Waals surface area contributed by atoms with Crippen molar-refractivity contribution in [1.29, 1.82) is 0 Å². The number of hydrogen-bond donors (Lipinski definition) is 1. The summed E-state index contributed by atoms with van der Waals surface area (Å²) in [6, 6.07) is 13.1. The Hall–Kier alpha value is -1.76. The molecule has 2 aromatic carbocycles. The van der Waals surface area contributed by atoms with Gasteiger partial charge in [-0.3, -0.25) is 0 Å². The second-order valence-corrected chi connectivity index (χ2v) is 5.42. The van der Waals surface area contributed by atoms with Gasteiger partial charge in [0.15, 0.2) is 0 Å². The van der Waals surface area contributed by atoms with Crippen molar-refractivity contribution in [3.05, 3.63) is 65.0 Å². The second-order valence-electron chi connectivity index (χ2n) is 4.37. The van der Waals surface area contributed by atoms with E-state index in [1.807, 2.05) is 31.2 Å². The normalized spacial score (nSPS) is 9.95. The van der Waals surface area contributed by atoms with E-state index in [0.717, 1.165) is 4.90 Å². The summed E-state index contributed by atoms with van der Waals surface area (Å²) in [6.07, 6.45) is 0. The molecule has 0 heterocycles. The Morgan fingerprint density at radius 2 is 1.90 bits per heavy atom. The van der Waals surface area contributed by atoms with E-state index in [4.69, 9.17) is 5.11 Å². The van der Waals surface area contributed by atoms with Crippen molar-refractivity contribution in [1.82, 2.24) is 0 Å². The molecular formula is C17H15FOS. The van der Waals surface area contributed by atoms with Crippen LogP contribution in [0.25, 0.3) is 0 Å². The van der Waals surface area contributed by atoms with Gasteiger partial charge >= 0.3 is 0 Å². The summed E-state index contributed by atoms with van der Waals surface area (Å²) in [6.45, 7) is 1.83. The summed E-state index contributed by atoms with van der Waals surface area (Å²) in [5, 5.41) is 8.61. The van der Waals surface area contributed by atoms with Crippen LogP contribution in [0.2, 0.25) is 0 Å². The average Bonchev–Trinajstić information content (AvgIpc) is 2.46. The van der Waals surface area contributed by atoms with Crippen LogP contribution in [0.15, 0.2) is 47.4 Å². The predicted molar refractivity (Wildman–Crippen MR) is 81.1 cm³/mol. The lowest BCUT2D eigenvalue weighted by Crippen LogP contribution is -1.89. The zero-order valence-electron chi connectivity index (χ0n) is 11.2. The highest BCUT2D eigenvalue weighted by molar-refractivity contribution is 7.98. The van der Waals surface area contributed by atoms with Crippen LogP contribution in [0, 0.1) is 24.6 Å². The van der Waals surface area contributed by atoms with E-state index in [2.05, 4.69) is 11.8 Å². The molecule has 0 aliphatic heterocycles. The molecule has 3 heteroatoms. The zero-order chi connectivity index (χ0) is 14.4. The fraction of sp³-hybridized carbons (Fsp3) is 0.176. The summed E-state index contributed by atoms with van der Waals surface area (Å²) in [7, 11) is 0. The van der Waals surface area contributed by atoms with Gasteiger partial charge in [0.2, 0.25) is 0 Å². The monoisotopic (exact) mass is 286 g/mol. The first-order chi connectivity index (χ1) is 9.69. The van der Waals surface area contributed by atoms with Gasteiger partial charge in [-0.25, -0.2) is 4.39 Å². The van der Waals surface area contributed by atoms with E-state index in [0.29, 0.717) is 16.9 Å². The maximum Gasteiger partial charge on any atom is 0.128 e. The molecule has 0 unspecified atom stereocenters. The SMILES string of the molecule is Cc1ccc(SCc2ccc(C#CCO)cc2F)cc1. The van der Waals surface area contributed by atoms with E-state index in [9.17, 15) is 4.39 Å². The first-order valence-corrected chi connectivity index (χ1v) is 7.25. The van der Waals surface area contributed by atoms with E-state index in [1.54, 1.807) is 23.9 Å².